The van der Waals surface area contributed by atoms with Gasteiger partial charge in [-0.25, -0.2) is 0 Å². The Bertz CT molecular complexity index is 611. The zero-order valence-corrected chi connectivity index (χ0v) is 11.5. The summed E-state index contributed by atoms with van der Waals surface area (Å²) in [6, 6.07) is 6.45. The van der Waals surface area contributed by atoms with Gasteiger partial charge in [0.15, 0.2) is 0 Å². The molecule has 21 heavy (non-hydrogen) atoms. The Hall–Kier alpha value is -2.08. The van der Waals surface area contributed by atoms with Crippen LogP contribution in [0.2, 0.25) is 0 Å². The van der Waals surface area contributed by atoms with Crippen LogP contribution in [0.5, 0.6) is 0 Å². The van der Waals surface area contributed by atoms with Crippen LogP contribution in [0.25, 0.3) is 0 Å². The molecule has 3 nitrogen and oxygen atoms in total. The number of aromatic nitrogens is 1. The third-order valence-corrected chi connectivity index (χ3v) is 3.15. The van der Waals surface area contributed by atoms with E-state index in [2.05, 4.69) is 10.3 Å². The molecule has 0 amide bonds. The largest absolute Gasteiger partial charge is 0.416 e. The van der Waals surface area contributed by atoms with Gasteiger partial charge in [0.1, 0.15) is 0 Å². The molecule has 1 atom stereocenters. The third kappa shape index (κ3) is 3.52. The van der Waals surface area contributed by atoms with Gasteiger partial charge in [-0.1, -0.05) is 19.1 Å². The molecule has 0 aliphatic carbocycles. The zero-order valence-electron chi connectivity index (χ0n) is 11.5. The average Bonchev–Trinajstić information content (AvgIpc) is 2.45. The van der Waals surface area contributed by atoms with Crippen molar-refractivity contribution in [1.29, 1.82) is 0 Å². The number of alkyl halides is 3. The van der Waals surface area contributed by atoms with E-state index < -0.39 is 17.8 Å². The summed E-state index contributed by atoms with van der Waals surface area (Å²) >= 11 is 0. The number of anilines is 1. The third-order valence-electron chi connectivity index (χ3n) is 3.15. The van der Waals surface area contributed by atoms with E-state index in [-0.39, 0.29) is 0 Å². The number of halogens is 3. The van der Waals surface area contributed by atoms with Crippen molar-refractivity contribution < 1.29 is 13.2 Å². The van der Waals surface area contributed by atoms with Crippen LogP contribution in [0.4, 0.5) is 18.9 Å². The van der Waals surface area contributed by atoms with Crippen molar-refractivity contribution in [2.45, 2.75) is 19.1 Å². The van der Waals surface area contributed by atoms with Crippen LogP contribution < -0.4 is 11.1 Å². The number of nitrogens with zero attached hydrogens (tertiary/aromatic N) is 1. The molecule has 1 heterocycles. The molecule has 1 aromatic heterocycles. The summed E-state index contributed by atoms with van der Waals surface area (Å²) in [5, 5.41) is 3.15. The number of nitrogen functional groups attached to an aromatic ring is 1. The molecule has 0 saturated heterocycles. The average molecular weight is 295 g/mol. The first kappa shape index (κ1) is 15.3. The Balaban J connectivity index is 2.46. The molecule has 3 N–H and O–H groups in total. The van der Waals surface area contributed by atoms with Gasteiger partial charge in [0.2, 0.25) is 0 Å². The molecule has 0 bridgehead atoms. The van der Waals surface area contributed by atoms with Gasteiger partial charge in [0.25, 0.3) is 0 Å². The van der Waals surface area contributed by atoms with Crippen LogP contribution in [-0.2, 0) is 6.18 Å². The van der Waals surface area contributed by atoms with Crippen molar-refractivity contribution >= 4 is 5.69 Å². The summed E-state index contributed by atoms with van der Waals surface area (Å²) in [7, 11) is 0. The Kier molecular flexibility index (Phi) is 4.47. The second kappa shape index (κ2) is 6.13. The maximum atomic E-state index is 12.8. The summed E-state index contributed by atoms with van der Waals surface area (Å²) < 4.78 is 38.5. The van der Waals surface area contributed by atoms with Crippen molar-refractivity contribution in [3.63, 3.8) is 0 Å². The van der Waals surface area contributed by atoms with Crippen LogP contribution >= 0.6 is 0 Å². The topological polar surface area (TPSA) is 50.9 Å². The van der Waals surface area contributed by atoms with E-state index in [1.165, 1.54) is 6.07 Å². The minimum atomic E-state index is -4.37. The molecule has 0 aliphatic heterocycles. The summed E-state index contributed by atoms with van der Waals surface area (Å²) in [5.41, 5.74) is 6.90. The molecule has 6 heteroatoms. The van der Waals surface area contributed by atoms with Gasteiger partial charge in [0.05, 0.1) is 11.6 Å². The highest BCUT2D eigenvalue weighted by molar-refractivity contribution is 5.50. The minimum absolute atomic E-state index is 0.425. The maximum Gasteiger partial charge on any atom is 0.416 e. The van der Waals surface area contributed by atoms with Gasteiger partial charge >= 0.3 is 6.18 Å². The molecule has 112 valence electrons. The molecule has 0 aliphatic rings. The van der Waals surface area contributed by atoms with Crippen molar-refractivity contribution in [2.24, 2.45) is 0 Å². The minimum Gasteiger partial charge on any atom is -0.398 e. The lowest BCUT2D eigenvalue weighted by Crippen LogP contribution is -2.23. The number of nitrogens with two attached hydrogens (primary N) is 1. The maximum absolute atomic E-state index is 12.8. The molecule has 2 rings (SSSR count). The Morgan fingerprint density at radius 1 is 1.29 bits per heavy atom. The summed E-state index contributed by atoms with van der Waals surface area (Å²) in [4.78, 5) is 4.00. The van der Waals surface area contributed by atoms with E-state index in [0.717, 1.165) is 12.1 Å². The monoisotopic (exact) mass is 295 g/mol. The van der Waals surface area contributed by atoms with Crippen LogP contribution in [0.15, 0.2) is 42.7 Å². The van der Waals surface area contributed by atoms with Crippen LogP contribution in [0, 0.1) is 0 Å². The van der Waals surface area contributed by atoms with Crippen LogP contribution in [-0.4, -0.2) is 11.5 Å². The lowest BCUT2D eigenvalue weighted by molar-refractivity contribution is -0.137. The number of hydrogen-bond donors (Lipinski definition) is 2. The number of hydrogen-bond acceptors (Lipinski definition) is 3. The number of nitrogens with one attached hydrogen (secondary N) is 1. The lowest BCUT2D eigenvalue weighted by Gasteiger charge is -2.21. The van der Waals surface area contributed by atoms with Crippen LogP contribution in [0.1, 0.15) is 29.7 Å². The molecule has 1 unspecified atom stereocenters. The van der Waals surface area contributed by atoms with E-state index in [1.54, 1.807) is 24.5 Å². The van der Waals surface area contributed by atoms with E-state index in [0.29, 0.717) is 23.4 Å². The Labute approximate surface area is 121 Å². The zero-order chi connectivity index (χ0) is 15.5. The Morgan fingerprint density at radius 3 is 2.67 bits per heavy atom. The second-order valence-electron chi connectivity index (χ2n) is 4.62. The van der Waals surface area contributed by atoms with E-state index in [9.17, 15) is 13.2 Å². The van der Waals surface area contributed by atoms with Gasteiger partial charge in [-0.05, 0) is 30.3 Å². The molecule has 0 spiro atoms. The highest BCUT2D eigenvalue weighted by atomic mass is 19.4. The predicted molar refractivity (Wildman–Crippen MR) is 75.6 cm³/mol. The van der Waals surface area contributed by atoms with Gasteiger partial charge in [-0.15, -0.1) is 0 Å². The summed E-state index contributed by atoms with van der Waals surface area (Å²) in [6.45, 7) is 2.47. The molecule has 2 aromatic rings. The lowest BCUT2D eigenvalue weighted by atomic mass is 9.97. The summed E-state index contributed by atoms with van der Waals surface area (Å²) in [5.74, 6) is 0. The highest BCUT2D eigenvalue weighted by Gasteiger charge is 2.31. The fourth-order valence-corrected chi connectivity index (χ4v) is 2.16. The Morgan fingerprint density at radius 2 is 2.05 bits per heavy atom. The molecular formula is C15H16F3N3. The standard InChI is InChI=1S/C15H16F3N3/c1-2-21-14(12-9-20-7-6-13(12)19)10-4-3-5-11(8-10)15(16,17)18/h3-9,14,21H,2H2,1H3,(H2,19,20). The fourth-order valence-electron chi connectivity index (χ4n) is 2.16. The quantitative estimate of drug-likeness (QED) is 0.909. The molecule has 0 radical (unpaired) electrons. The van der Waals surface area contributed by atoms with Crippen molar-refractivity contribution in [2.75, 3.05) is 12.3 Å². The van der Waals surface area contributed by atoms with Gasteiger partial charge in [-0.3, -0.25) is 4.98 Å². The highest BCUT2D eigenvalue weighted by Crippen LogP contribution is 2.33. The van der Waals surface area contributed by atoms with Gasteiger partial charge < -0.3 is 11.1 Å². The van der Waals surface area contributed by atoms with E-state index in [4.69, 9.17) is 5.73 Å². The number of rotatable bonds is 4. The van der Waals surface area contributed by atoms with Crippen molar-refractivity contribution in [3.05, 3.63) is 59.4 Å². The molecule has 0 saturated carbocycles. The first-order chi connectivity index (χ1) is 9.93. The normalized spacial score (nSPS) is 13.1. The first-order valence-electron chi connectivity index (χ1n) is 6.53. The summed E-state index contributed by atoms with van der Waals surface area (Å²) in [6.07, 6.45) is -1.25. The van der Waals surface area contributed by atoms with E-state index in [1.807, 2.05) is 6.92 Å². The fraction of sp³-hybridized carbons (Fsp3) is 0.267. The first-order valence-corrected chi connectivity index (χ1v) is 6.53. The second-order valence-corrected chi connectivity index (χ2v) is 4.62. The van der Waals surface area contributed by atoms with Crippen molar-refractivity contribution in [3.8, 4) is 0 Å². The predicted octanol–water partition coefficient (Wildman–Crippen LogP) is 3.38. The van der Waals surface area contributed by atoms with Gasteiger partial charge in [0, 0.05) is 23.6 Å². The van der Waals surface area contributed by atoms with E-state index >= 15 is 0 Å². The molecule has 1 aromatic carbocycles. The molecule has 0 fully saturated rings. The van der Waals surface area contributed by atoms with Crippen molar-refractivity contribution in [1.82, 2.24) is 10.3 Å². The SMILES string of the molecule is CCNC(c1cccc(C(F)(F)F)c1)c1cnccc1N. The number of pyridine rings is 1. The van der Waals surface area contributed by atoms with Crippen LogP contribution in [0.3, 0.4) is 0 Å². The molecular weight excluding hydrogens is 279 g/mol. The number of benzene rings is 1. The smallest absolute Gasteiger partial charge is 0.398 e. The van der Waals surface area contributed by atoms with Gasteiger partial charge in [-0.2, -0.15) is 13.2 Å².